The normalized spacial score (nSPS) is 24.1. The highest BCUT2D eigenvalue weighted by atomic mass is 16.5. The Bertz CT molecular complexity index is 614. The number of ether oxygens (including phenoxy) is 1. The Balaban J connectivity index is 1.71. The van der Waals surface area contributed by atoms with Crippen molar-refractivity contribution in [2.24, 2.45) is 5.92 Å². The van der Waals surface area contributed by atoms with E-state index in [1.54, 1.807) is 6.92 Å². The number of nitrogens with one attached hydrogen (secondary N) is 2. The van der Waals surface area contributed by atoms with Gasteiger partial charge in [0.2, 0.25) is 23.6 Å². The van der Waals surface area contributed by atoms with Crippen molar-refractivity contribution in [3.63, 3.8) is 0 Å². The van der Waals surface area contributed by atoms with Crippen molar-refractivity contribution in [3.8, 4) is 0 Å². The van der Waals surface area contributed by atoms with Gasteiger partial charge in [-0.3, -0.25) is 24.1 Å². The fourth-order valence-corrected chi connectivity index (χ4v) is 3.22. The maximum atomic E-state index is 12.3. The Kier molecular flexibility index (Phi) is 7.16. The third-order valence-electron chi connectivity index (χ3n) is 4.69. The van der Waals surface area contributed by atoms with Crippen molar-refractivity contribution in [1.82, 2.24) is 15.5 Å². The van der Waals surface area contributed by atoms with Crippen molar-refractivity contribution in [3.05, 3.63) is 0 Å². The topological polar surface area (TPSA) is 125 Å². The number of likely N-dealkylation sites (tertiary alicyclic amines) is 1. The standard InChI is InChI=1S/C19H31N3O6/c1-5-13(22-15(24)6-7-16(22)25)18(27)21-10-11(23)9-20-17(26)12-8-14(12)28-19(2,3)4/h11-14,23H,5-10H2,1-4H3,(H,20,26)(H,21,27)/t11?,12-,13?,14-/m1/s1. The van der Waals surface area contributed by atoms with E-state index >= 15 is 0 Å². The number of hydrogen-bond acceptors (Lipinski definition) is 6. The van der Waals surface area contributed by atoms with Crippen LogP contribution in [0.4, 0.5) is 0 Å². The second-order valence-electron chi connectivity index (χ2n) is 8.34. The van der Waals surface area contributed by atoms with Crippen LogP contribution < -0.4 is 10.6 Å². The van der Waals surface area contributed by atoms with Crippen LogP contribution in [0.5, 0.6) is 0 Å². The van der Waals surface area contributed by atoms with Gasteiger partial charge in [0.25, 0.3) is 0 Å². The highest BCUT2D eigenvalue weighted by Crippen LogP contribution is 2.36. The first-order chi connectivity index (χ1) is 13.0. The van der Waals surface area contributed by atoms with E-state index in [0.717, 1.165) is 4.90 Å². The molecule has 2 aliphatic rings. The molecule has 2 rings (SSSR count). The average Bonchev–Trinajstić information content (AvgIpc) is 3.28. The summed E-state index contributed by atoms with van der Waals surface area (Å²) in [6, 6.07) is -0.869. The highest BCUT2D eigenvalue weighted by Gasteiger charge is 2.46. The maximum absolute atomic E-state index is 12.3. The average molecular weight is 397 g/mol. The number of aliphatic hydroxyl groups excluding tert-OH is 1. The Morgan fingerprint density at radius 3 is 2.29 bits per heavy atom. The summed E-state index contributed by atoms with van der Waals surface area (Å²) in [4.78, 5) is 49.0. The molecule has 3 N–H and O–H groups in total. The van der Waals surface area contributed by atoms with Crippen LogP contribution in [-0.2, 0) is 23.9 Å². The van der Waals surface area contributed by atoms with Gasteiger partial charge in [0.05, 0.1) is 23.7 Å². The quantitative estimate of drug-likeness (QED) is 0.459. The van der Waals surface area contributed by atoms with Crippen LogP contribution in [0.25, 0.3) is 0 Å². The van der Waals surface area contributed by atoms with E-state index in [-0.39, 0.29) is 61.3 Å². The second kappa shape index (κ2) is 9.00. The van der Waals surface area contributed by atoms with Gasteiger partial charge in [-0.05, 0) is 33.6 Å². The number of rotatable bonds is 9. The van der Waals surface area contributed by atoms with Gasteiger partial charge in [-0.15, -0.1) is 0 Å². The molecule has 1 saturated heterocycles. The minimum Gasteiger partial charge on any atom is -0.389 e. The zero-order chi connectivity index (χ0) is 21.1. The molecule has 0 spiro atoms. The van der Waals surface area contributed by atoms with Gasteiger partial charge in [0.1, 0.15) is 6.04 Å². The first-order valence-electron chi connectivity index (χ1n) is 9.79. The van der Waals surface area contributed by atoms with Gasteiger partial charge in [0.15, 0.2) is 0 Å². The number of carbonyl (C=O) groups is 4. The molecule has 158 valence electrons. The summed E-state index contributed by atoms with van der Waals surface area (Å²) in [5.74, 6) is -1.58. The van der Waals surface area contributed by atoms with Crippen LogP contribution in [0, 0.1) is 5.92 Å². The zero-order valence-corrected chi connectivity index (χ0v) is 17.0. The van der Waals surface area contributed by atoms with Gasteiger partial charge in [-0.2, -0.15) is 0 Å². The Labute approximate surface area is 165 Å². The number of carbonyl (C=O) groups excluding carboxylic acids is 4. The van der Waals surface area contributed by atoms with Crippen molar-refractivity contribution < 1.29 is 29.0 Å². The molecule has 0 aromatic carbocycles. The maximum Gasteiger partial charge on any atom is 0.243 e. The first kappa shape index (κ1) is 22.3. The molecule has 4 amide bonds. The molecule has 9 nitrogen and oxygen atoms in total. The highest BCUT2D eigenvalue weighted by molar-refractivity contribution is 6.05. The summed E-state index contributed by atoms with van der Waals surface area (Å²) in [6.07, 6.45) is 0.129. The lowest BCUT2D eigenvalue weighted by Gasteiger charge is -2.24. The van der Waals surface area contributed by atoms with Gasteiger partial charge in [0, 0.05) is 25.9 Å². The lowest BCUT2D eigenvalue weighted by atomic mass is 10.1. The Hall–Kier alpha value is -2.00. The fraction of sp³-hybridized carbons (Fsp3) is 0.789. The Morgan fingerprint density at radius 2 is 1.75 bits per heavy atom. The van der Waals surface area contributed by atoms with E-state index in [9.17, 15) is 24.3 Å². The van der Waals surface area contributed by atoms with Crippen molar-refractivity contribution in [1.29, 1.82) is 0 Å². The van der Waals surface area contributed by atoms with E-state index < -0.39 is 18.1 Å². The molecule has 1 saturated carbocycles. The first-order valence-corrected chi connectivity index (χ1v) is 9.79. The third-order valence-corrected chi connectivity index (χ3v) is 4.69. The van der Waals surface area contributed by atoms with Gasteiger partial charge in [-0.25, -0.2) is 0 Å². The molecule has 1 heterocycles. The third kappa shape index (κ3) is 6.00. The number of amides is 4. The lowest BCUT2D eigenvalue weighted by molar-refractivity contribution is -0.147. The van der Waals surface area contributed by atoms with Crippen LogP contribution in [0.2, 0.25) is 0 Å². The molecule has 0 radical (unpaired) electrons. The van der Waals surface area contributed by atoms with Crippen molar-refractivity contribution in [2.45, 2.75) is 77.2 Å². The summed E-state index contributed by atoms with van der Waals surface area (Å²) < 4.78 is 5.73. The lowest BCUT2D eigenvalue weighted by Crippen LogP contribution is -2.51. The van der Waals surface area contributed by atoms with E-state index in [2.05, 4.69) is 10.6 Å². The molecule has 1 aliphatic heterocycles. The zero-order valence-electron chi connectivity index (χ0n) is 17.0. The smallest absolute Gasteiger partial charge is 0.243 e. The van der Waals surface area contributed by atoms with Crippen LogP contribution in [0.1, 0.15) is 53.4 Å². The van der Waals surface area contributed by atoms with E-state index in [1.165, 1.54) is 0 Å². The largest absolute Gasteiger partial charge is 0.389 e. The van der Waals surface area contributed by atoms with Crippen molar-refractivity contribution >= 4 is 23.6 Å². The minimum atomic E-state index is -0.976. The predicted octanol–water partition coefficient (Wildman–Crippen LogP) is -0.289. The summed E-state index contributed by atoms with van der Waals surface area (Å²) in [6.45, 7) is 7.42. The molecule has 0 aromatic heterocycles. The number of hydrogen-bond donors (Lipinski definition) is 3. The molecule has 28 heavy (non-hydrogen) atoms. The monoisotopic (exact) mass is 397 g/mol. The molecule has 0 bridgehead atoms. The molecular weight excluding hydrogens is 366 g/mol. The van der Waals surface area contributed by atoms with Gasteiger partial charge >= 0.3 is 0 Å². The summed E-state index contributed by atoms with van der Waals surface area (Å²) >= 11 is 0. The van der Waals surface area contributed by atoms with E-state index in [0.29, 0.717) is 12.8 Å². The van der Waals surface area contributed by atoms with E-state index in [4.69, 9.17) is 4.74 Å². The molecule has 4 atom stereocenters. The van der Waals surface area contributed by atoms with Gasteiger partial charge in [-0.1, -0.05) is 6.92 Å². The minimum absolute atomic E-state index is 0.00375. The summed E-state index contributed by atoms with van der Waals surface area (Å²) in [5, 5.41) is 15.2. The molecule has 0 aromatic rings. The van der Waals surface area contributed by atoms with Gasteiger partial charge < -0.3 is 20.5 Å². The fourth-order valence-electron chi connectivity index (χ4n) is 3.22. The molecule has 9 heteroatoms. The molecule has 2 fully saturated rings. The molecule has 2 unspecified atom stereocenters. The van der Waals surface area contributed by atoms with Crippen molar-refractivity contribution in [2.75, 3.05) is 13.1 Å². The van der Waals surface area contributed by atoms with Crippen LogP contribution >= 0.6 is 0 Å². The second-order valence-corrected chi connectivity index (χ2v) is 8.34. The summed E-state index contributed by atoms with van der Waals surface area (Å²) in [5.41, 5.74) is -0.308. The number of imide groups is 1. The SMILES string of the molecule is CCC(C(=O)NCC(O)CNC(=O)[C@@H]1C[C@H]1OC(C)(C)C)N1C(=O)CCC1=O. The number of aliphatic hydroxyl groups is 1. The molecule has 1 aliphatic carbocycles. The van der Waals surface area contributed by atoms with Crippen LogP contribution in [-0.4, -0.2) is 70.6 Å². The number of nitrogens with zero attached hydrogens (tertiary/aromatic N) is 1. The summed E-state index contributed by atoms with van der Waals surface area (Å²) in [7, 11) is 0. The predicted molar refractivity (Wildman–Crippen MR) is 99.9 cm³/mol. The van der Waals surface area contributed by atoms with Crippen LogP contribution in [0.15, 0.2) is 0 Å². The van der Waals surface area contributed by atoms with Crippen LogP contribution in [0.3, 0.4) is 0 Å². The molecular formula is C19H31N3O6. The van der Waals surface area contributed by atoms with E-state index in [1.807, 2.05) is 20.8 Å². The Morgan fingerprint density at radius 1 is 1.18 bits per heavy atom.